The first-order chi connectivity index (χ1) is 13.9. The highest BCUT2D eigenvalue weighted by Crippen LogP contribution is 2.41. The zero-order chi connectivity index (χ0) is 20.6. The number of aryl methyl sites for hydroxylation is 1. The molecule has 6 heteroatoms. The molecule has 29 heavy (non-hydrogen) atoms. The van der Waals surface area contributed by atoms with Crippen molar-refractivity contribution in [3.8, 4) is 0 Å². The van der Waals surface area contributed by atoms with E-state index in [1.165, 1.54) is 0 Å². The molecule has 1 aromatic heterocycles. The highest BCUT2D eigenvalue weighted by atomic mass is 19.4. The van der Waals surface area contributed by atoms with E-state index in [1.807, 2.05) is 36.4 Å². The van der Waals surface area contributed by atoms with Gasteiger partial charge in [0.1, 0.15) is 0 Å². The fourth-order valence-electron chi connectivity index (χ4n) is 4.34. The molecule has 0 N–H and O–H groups in total. The van der Waals surface area contributed by atoms with Crippen molar-refractivity contribution in [3.05, 3.63) is 70.9 Å². The summed E-state index contributed by atoms with van der Waals surface area (Å²) in [4.78, 5) is 14.0. The number of alkyl halides is 3. The number of carbonyl (C=O) groups is 1. The van der Waals surface area contributed by atoms with Crippen LogP contribution >= 0.6 is 0 Å². The minimum Gasteiger partial charge on any atom is -0.342 e. The quantitative estimate of drug-likeness (QED) is 0.591. The van der Waals surface area contributed by atoms with E-state index in [9.17, 15) is 18.0 Å². The molecule has 0 spiro atoms. The average Bonchev–Trinajstić information content (AvgIpc) is 2.90. The number of rotatable bonds is 4. The summed E-state index contributed by atoms with van der Waals surface area (Å²) in [5.41, 5.74) is 2.19. The van der Waals surface area contributed by atoms with Gasteiger partial charge in [0.05, 0.1) is 11.1 Å². The Hall–Kier alpha value is -2.76. The number of halogens is 3. The van der Waals surface area contributed by atoms with Crippen LogP contribution in [0.2, 0.25) is 0 Å². The van der Waals surface area contributed by atoms with E-state index >= 15 is 0 Å². The van der Waals surface area contributed by atoms with Crippen LogP contribution in [0.4, 0.5) is 13.2 Å². The first-order valence-electron chi connectivity index (χ1n) is 9.92. The van der Waals surface area contributed by atoms with Gasteiger partial charge in [-0.1, -0.05) is 55.5 Å². The van der Waals surface area contributed by atoms with Crippen LogP contribution in [0.1, 0.15) is 35.7 Å². The molecule has 3 nitrogen and oxygen atoms in total. The number of aromatic nitrogens is 1. The molecule has 0 saturated carbocycles. The number of para-hydroxylation sites is 1. The molecular weight excluding hydrogens is 377 g/mol. The van der Waals surface area contributed by atoms with Gasteiger partial charge < -0.3 is 9.47 Å². The molecule has 1 aliphatic rings. The van der Waals surface area contributed by atoms with Crippen molar-refractivity contribution in [1.29, 1.82) is 0 Å². The Labute approximate surface area is 167 Å². The van der Waals surface area contributed by atoms with Crippen molar-refractivity contribution in [1.82, 2.24) is 9.47 Å². The molecule has 152 valence electrons. The molecule has 0 saturated heterocycles. The number of hydrogen-bond donors (Lipinski definition) is 0. The Bertz CT molecular complexity index is 1040. The van der Waals surface area contributed by atoms with E-state index in [4.69, 9.17) is 0 Å². The van der Waals surface area contributed by atoms with E-state index in [-0.39, 0.29) is 11.3 Å². The number of benzene rings is 2. The first-order valence-corrected chi connectivity index (χ1v) is 9.92. The van der Waals surface area contributed by atoms with Crippen molar-refractivity contribution >= 4 is 16.8 Å². The van der Waals surface area contributed by atoms with Crippen molar-refractivity contribution in [3.63, 3.8) is 0 Å². The summed E-state index contributed by atoms with van der Waals surface area (Å²) in [6.45, 7) is 2.95. The predicted octanol–water partition coefficient (Wildman–Crippen LogP) is 5.20. The lowest BCUT2D eigenvalue weighted by atomic mass is 10.0. The van der Waals surface area contributed by atoms with Gasteiger partial charge in [-0.3, -0.25) is 4.79 Å². The van der Waals surface area contributed by atoms with Crippen molar-refractivity contribution in [2.75, 3.05) is 6.54 Å². The second-order valence-electron chi connectivity index (χ2n) is 7.44. The topological polar surface area (TPSA) is 25.2 Å². The predicted molar refractivity (Wildman–Crippen MR) is 106 cm³/mol. The zero-order valence-corrected chi connectivity index (χ0v) is 16.3. The van der Waals surface area contributed by atoms with Crippen LogP contribution in [0.15, 0.2) is 48.5 Å². The van der Waals surface area contributed by atoms with Crippen LogP contribution < -0.4 is 0 Å². The summed E-state index contributed by atoms with van der Waals surface area (Å²) < 4.78 is 44.1. The highest BCUT2D eigenvalue weighted by Gasteiger charge is 2.39. The molecule has 0 aliphatic carbocycles. The summed E-state index contributed by atoms with van der Waals surface area (Å²) >= 11 is 0. The Kier molecular flexibility index (Phi) is 5.11. The summed E-state index contributed by atoms with van der Waals surface area (Å²) in [5.74, 6) is 0.0228. The van der Waals surface area contributed by atoms with Gasteiger partial charge in [0.15, 0.2) is 0 Å². The fourth-order valence-corrected chi connectivity index (χ4v) is 4.34. The van der Waals surface area contributed by atoms with Gasteiger partial charge in [0, 0.05) is 37.1 Å². The van der Waals surface area contributed by atoms with Crippen LogP contribution in [0.25, 0.3) is 10.9 Å². The lowest BCUT2D eigenvalue weighted by Gasteiger charge is -2.21. The normalized spacial score (nSPS) is 14.3. The van der Waals surface area contributed by atoms with Crippen molar-refractivity contribution in [2.24, 2.45) is 0 Å². The van der Waals surface area contributed by atoms with Gasteiger partial charge in [0.25, 0.3) is 0 Å². The lowest BCUT2D eigenvalue weighted by molar-refractivity contribution is -0.137. The summed E-state index contributed by atoms with van der Waals surface area (Å²) in [5, 5.41) is 0.240. The monoisotopic (exact) mass is 400 g/mol. The fraction of sp³-hybridized carbons (Fsp3) is 0.348. The maximum atomic E-state index is 14.1. The summed E-state index contributed by atoms with van der Waals surface area (Å²) in [6.07, 6.45) is -3.20. The number of nitrogens with zero attached hydrogens (tertiary/aromatic N) is 2. The maximum absolute atomic E-state index is 14.1. The van der Waals surface area contributed by atoms with Gasteiger partial charge in [-0.15, -0.1) is 0 Å². The lowest BCUT2D eigenvalue weighted by Crippen LogP contribution is -2.31. The Balaban J connectivity index is 1.84. The number of carbonyl (C=O) groups excluding carboxylic acids is 1. The Morgan fingerprint density at radius 3 is 2.45 bits per heavy atom. The zero-order valence-electron chi connectivity index (χ0n) is 16.3. The number of amides is 1. The van der Waals surface area contributed by atoms with Crippen LogP contribution in [-0.2, 0) is 36.9 Å². The molecule has 2 heterocycles. The third kappa shape index (κ3) is 3.63. The molecule has 0 radical (unpaired) electrons. The van der Waals surface area contributed by atoms with Crippen molar-refractivity contribution < 1.29 is 18.0 Å². The number of hydrogen-bond acceptors (Lipinski definition) is 1. The average molecular weight is 400 g/mol. The molecular formula is C23H23F3N2O. The largest absolute Gasteiger partial charge is 0.418 e. The Morgan fingerprint density at radius 1 is 1.00 bits per heavy atom. The van der Waals surface area contributed by atoms with E-state index in [0.717, 1.165) is 11.1 Å². The molecule has 1 amide bonds. The minimum atomic E-state index is -4.42. The van der Waals surface area contributed by atoms with Gasteiger partial charge in [-0.05, 0) is 24.0 Å². The van der Waals surface area contributed by atoms with E-state index in [1.54, 1.807) is 28.5 Å². The standard InChI is InChI=1S/C23H23F3N2O/c1-2-20(29)27-13-14-28-19(12-11-16-7-4-3-5-8-16)21(23(24,25)26)18-10-6-9-17(15-27)22(18)28/h3-10H,2,11-15H2,1H3. The molecule has 0 fully saturated rings. The first kappa shape index (κ1) is 19.6. The second-order valence-corrected chi connectivity index (χ2v) is 7.44. The van der Waals surface area contributed by atoms with Crippen LogP contribution in [0.5, 0.6) is 0 Å². The molecule has 2 aromatic carbocycles. The van der Waals surface area contributed by atoms with Crippen LogP contribution in [0, 0.1) is 0 Å². The SMILES string of the molecule is CCC(=O)N1CCn2c(CCc3ccccc3)c(C(F)(F)F)c3cccc(c32)C1. The van der Waals surface area contributed by atoms with Gasteiger partial charge in [0.2, 0.25) is 5.91 Å². The minimum absolute atomic E-state index is 0.0228. The smallest absolute Gasteiger partial charge is 0.342 e. The van der Waals surface area contributed by atoms with Gasteiger partial charge in [-0.25, -0.2) is 0 Å². The third-order valence-electron chi connectivity index (χ3n) is 5.66. The highest BCUT2D eigenvalue weighted by molar-refractivity contribution is 5.89. The van der Waals surface area contributed by atoms with Gasteiger partial charge >= 0.3 is 6.18 Å². The van der Waals surface area contributed by atoms with E-state index in [0.29, 0.717) is 50.1 Å². The molecule has 0 bridgehead atoms. The van der Waals surface area contributed by atoms with E-state index in [2.05, 4.69) is 0 Å². The molecule has 1 aliphatic heterocycles. The molecule has 0 atom stereocenters. The van der Waals surface area contributed by atoms with E-state index < -0.39 is 11.7 Å². The molecule has 0 unspecified atom stereocenters. The van der Waals surface area contributed by atoms with Gasteiger partial charge in [-0.2, -0.15) is 13.2 Å². The maximum Gasteiger partial charge on any atom is 0.418 e. The van der Waals surface area contributed by atoms with Crippen LogP contribution in [-0.4, -0.2) is 21.9 Å². The van der Waals surface area contributed by atoms with Crippen molar-refractivity contribution in [2.45, 2.75) is 45.5 Å². The Morgan fingerprint density at radius 2 is 1.76 bits per heavy atom. The second kappa shape index (κ2) is 7.58. The third-order valence-corrected chi connectivity index (χ3v) is 5.66. The van der Waals surface area contributed by atoms with Crippen LogP contribution in [0.3, 0.4) is 0 Å². The summed E-state index contributed by atoms with van der Waals surface area (Å²) in [6, 6.07) is 14.6. The molecule has 4 rings (SSSR count). The summed E-state index contributed by atoms with van der Waals surface area (Å²) in [7, 11) is 0. The molecule has 3 aromatic rings.